The van der Waals surface area contributed by atoms with Gasteiger partial charge in [-0.1, -0.05) is 6.07 Å². The average molecular weight is 301 g/mol. The Hall–Kier alpha value is -2.09. The SMILES string of the molecule is COC(=O)c1cccc(NS(=O)(=O)CCC(=O)O)c1C. The highest BCUT2D eigenvalue weighted by Gasteiger charge is 2.17. The van der Waals surface area contributed by atoms with Crippen LogP contribution in [0.2, 0.25) is 0 Å². The second-order valence-electron chi connectivity index (χ2n) is 4.03. The number of anilines is 1. The molecule has 7 nitrogen and oxygen atoms in total. The van der Waals surface area contributed by atoms with E-state index in [-0.39, 0.29) is 11.3 Å². The van der Waals surface area contributed by atoms with E-state index in [4.69, 9.17) is 5.11 Å². The van der Waals surface area contributed by atoms with E-state index in [9.17, 15) is 18.0 Å². The number of esters is 1. The molecule has 0 aliphatic carbocycles. The molecule has 0 heterocycles. The largest absolute Gasteiger partial charge is 0.481 e. The molecular weight excluding hydrogens is 286 g/mol. The van der Waals surface area contributed by atoms with E-state index in [0.29, 0.717) is 5.56 Å². The molecule has 8 heteroatoms. The lowest BCUT2D eigenvalue weighted by atomic mass is 10.1. The maximum absolute atomic E-state index is 11.7. The number of benzene rings is 1. The van der Waals surface area contributed by atoms with Crippen LogP contribution in [0.4, 0.5) is 5.69 Å². The number of nitrogens with one attached hydrogen (secondary N) is 1. The maximum atomic E-state index is 11.7. The summed E-state index contributed by atoms with van der Waals surface area (Å²) >= 11 is 0. The van der Waals surface area contributed by atoms with Crippen molar-refractivity contribution in [3.05, 3.63) is 29.3 Å². The molecule has 0 radical (unpaired) electrons. The molecule has 110 valence electrons. The molecule has 1 rings (SSSR count). The highest BCUT2D eigenvalue weighted by atomic mass is 32.2. The lowest BCUT2D eigenvalue weighted by Crippen LogP contribution is -2.20. The van der Waals surface area contributed by atoms with E-state index in [1.54, 1.807) is 6.92 Å². The van der Waals surface area contributed by atoms with Crippen LogP contribution in [0.3, 0.4) is 0 Å². The van der Waals surface area contributed by atoms with Gasteiger partial charge < -0.3 is 9.84 Å². The number of aliphatic carboxylic acids is 1. The van der Waals surface area contributed by atoms with Crippen molar-refractivity contribution in [2.24, 2.45) is 0 Å². The van der Waals surface area contributed by atoms with E-state index in [1.165, 1.54) is 25.3 Å². The van der Waals surface area contributed by atoms with Crippen LogP contribution in [0.5, 0.6) is 0 Å². The monoisotopic (exact) mass is 301 g/mol. The molecule has 0 amide bonds. The zero-order valence-electron chi connectivity index (χ0n) is 11.0. The Morgan fingerprint density at radius 1 is 1.35 bits per heavy atom. The van der Waals surface area contributed by atoms with Gasteiger partial charge in [0.2, 0.25) is 10.0 Å². The summed E-state index contributed by atoms with van der Waals surface area (Å²) < 4.78 is 30.3. The fourth-order valence-corrected chi connectivity index (χ4v) is 2.62. The topological polar surface area (TPSA) is 110 Å². The fraction of sp³-hybridized carbons (Fsp3) is 0.333. The van der Waals surface area contributed by atoms with E-state index in [2.05, 4.69) is 9.46 Å². The molecule has 0 bridgehead atoms. The molecule has 0 saturated heterocycles. The van der Waals surface area contributed by atoms with Crippen molar-refractivity contribution in [3.8, 4) is 0 Å². The van der Waals surface area contributed by atoms with Gasteiger partial charge in [-0.3, -0.25) is 9.52 Å². The predicted molar refractivity (Wildman–Crippen MR) is 72.2 cm³/mol. The molecule has 20 heavy (non-hydrogen) atoms. The van der Waals surface area contributed by atoms with Gasteiger partial charge in [-0.25, -0.2) is 13.2 Å². The summed E-state index contributed by atoms with van der Waals surface area (Å²) in [4.78, 5) is 21.9. The number of rotatable bonds is 6. The average Bonchev–Trinajstić information content (AvgIpc) is 2.38. The molecular formula is C12H15NO6S. The van der Waals surface area contributed by atoms with Crippen LogP contribution in [-0.4, -0.2) is 38.3 Å². The number of carboxylic acids is 1. The highest BCUT2D eigenvalue weighted by Crippen LogP contribution is 2.21. The third-order valence-electron chi connectivity index (χ3n) is 2.59. The van der Waals surface area contributed by atoms with Crippen LogP contribution in [0, 0.1) is 6.92 Å². The summed E-state index contributed by atoms with van der Waals surface area (Å²) in [6.07, 6.45) is -0.495. The second-order valence-corrected chi connectivity index (χ2v) is 5.88. The Morgan fingerprint density at radius 3 is 2.55 bits per heavy atom. The third kappa shape index (κ3) is 4.23. The van der Waals surface area contributed by atoms with E-state index >= 15 is 0 Å². The quantitative estimate of drug-likeness (QED) is 0.758. The first-order valence-corrected chi connectivity index (χ1v) is 7.32. The predicted octanol–water partition coefficient (Wildman–Crippen LogP) is 0.998. The minimum absolute atomic E-state index is 0.221. The Morgan fingerprint density at radius 2 is 2.00 bits per heavy atom. The van der Waals surface area contributed by atoms with Gasteiger partial charge in [-0.15, -0.1) is 0 Å². The van der Waals surface area contributed by atoms with Crippen LogP contribution in [0.15, 0.2) is 18.2 Å². The molecule has 0 aromatic heterocycles. The fourth-order valence-electron chi connectivity index (χ4n) is 1.52. The van der Waals surface area contributed by atoms with Gasteiger partial charge in [0, 0.05) is 0 Å². The van der Waals surface area contributed by atoms with E-state index < -0.39 is 34.1 Å². The first-order chi connectivity index (χ1) is 9.26. The van der Waals surface area contributed by atoms with Gasteiger partial charge in [-0.05, 0) is 24.6 Å². The van der Waals surface area contributed by atoms with Gasteiger partial charge in [-0.2, -0.15) is 0 Å². The lowest BCUT2D eigenvalue weighted by Gasteiger charge is -2.12. The maximum Gasteiger partial charge on any atom is 0.338 e. The first-order valence-electron chi connectivity index (χ1n) is 5.67. The van der Waals surface area contributed by atoms with E-state index in [1.807, 2.05) is 0 Å². The third-order valence-corrected chi connectivity index (χ3v) is 3.86. The number of hydrogen-bond donors (Lipinski definition) is 2. The van der Waals surface area contributed by atoms with Gasteiger partial charge in [0.15, 0.2) is 0 Å². The summed E-state index contributed by atoms with van der Waals surface area (Å²) in [5, 5.41) is 8.49. The van der Waals surface area contributed by atoms with Crippen molar-refractivity contribution in [1.29, 1.82) is 0 Å². The molecule has 0 aliphatic heterocycles. The van der Waals surface area contributed by atoms with Crippen molar-refractivity contribution < 1.29 is 27.9 Å². The molecule has 0 fully saturated rings. The molecule has 0 unspecified atom stereocenters. The number of methoxy groups -OCH3 is 1. The number of carbonyl (C=O) groups is 2. The van der Waals surface area contributed by atoms with Crippen LogP contribution in [0.25, 0.3) is 0 Å². The minimum atomic E-state index is -3.78. The number of sulfonamides is 1. The van der Waals surface area contributed by atoms with Crippen LogP contribution < -0.4 is 4.72 Å². The zero-order chi connectivity index (χ0) is 15.3. The molecule has 1 aromatic rings. The molecule has 0 saturated carbocycles. The van der Waals surface area contributed by atoms with Gasteiger partial charge in [0.25, 0.3) is 0 Å². The Balaban J connectivity index is 2.99. The second kappa shape index (κ2) is 6.38. The molecule has 0 spiro atoms. The standard InChI is InChI=1S/C12H15NO6S/c1-8-9(12(16)19-2)4-3-5-10(8)13-20(17,18)7-6-11(14)15/h3-5,13H,6-7H2,1-2H3,(H,14,15). The summed E-state index contributed by atoms with van der Waals surface area (Å²) in [5.74, 6) is -2.31. The highest BCUT2D eigenvalue weighted by molar-refractivity contribution is 7.92. The lowest BCUT2D eigenvalue weighted by molar-refractivity contribution is -0.136. The van der Waals surface area contributed by atoms with Crippen molar-refractivity contribution in [2.75, 3.05) is 17.6 Å². The zero-order valence-corrected chi connectivity index (χ0v) is 11.9. The molecule has 0 aliphatic rings. The van der Waals surface area contributed by atoms with E-state index in [0.717, 1.165) is 0 Å². The molecule has 2 N–H and O–H groups in total. The minimum Gasteiger partial charge on any atom is -0.481 e. The van der Waals surface area contributed by atoms with Crippen molar-refractivity contribution >= 4 is 27.6 Å². The van der Waals surface area contributed by atoms with Crippen LogP contribution >= 0.6 is 0 Å². The number of hydrogen-bond acceptors (Lipinski definition) is 5. The summed E-state index contributed by atoms with van der Waals surface area (Å²) in [6, 6.07) is 4.50. The Labute approximate surface area is 116 Å². The Bertz CT molecular complexity index is 623. The summed E-state index contributed by atoms with van der Waals surface area (Å²) in [5.41, 5.74) is 0.877. The summed E-state index contributed by atoms with van der Waals surface area (Å²) in [6.45, 7) is 1.57. The smallest absolute Gasteiger partial charge is 0.338 e. The molecule has 0 atom stereocenters. The van der Waals surface area contributed by atoms with Crippen LogP contribution in [-0.2, 0) is 19.6 Å². The number of carboxylic acid groups (broad SMARTS) is 1. The molecule has 1 aromatic carbocycles. The van der Waals surface area contributed by atoms with Crippen LogP contribution in [0.1, 0.15) is 22.3 Å². The normalized spacial score (nSPS) is 10.9. The van der Waals surface area contributed by atoms with Crippen molar-refractivity contribution in [3.63, 3.8) is 0 Å². The number of carbonyl (C=O) groups excluding carboxylic acids is 1. The van der Waals surface area contributed by atoms with Gasteiger partial charge in [0.05, 0.1) is 30.5 Å². The summed E-state index contributed by atoms with van der Waals surface area (Å²) in [7, 11) is -2.56. The Kier molecular flexibility index (Phi) is 5.09. The van der Waals surface area contributed by atoms with Gasteiger partial charge >= 0.3 is 11.9 Å². The first kappa shape index (κ1) is 16.0. The number of ether oxygens (including phenoxy) is 1. The van der Waals surface area contributed by atoms with Gasteiger partial charge in [0.1, 0.15) is 0 Å². The van der Waals surface area contributed by atoms with Crippen molar-refractivity contribution in [1.82, 2.24) is 0 Å². The van der Waals surface area contributed by atoms with Crippen molar-refractivity contribution in [2.45, 2.75) is 13.3 Å².